The van der Waals surface area contributed by atoms with Gasteiger partial charge < -0.3 is 13.9 Å². The van der Waals surface area contributed by atoms with Crippen LogP contribution in [0, 0.1) is 6.92 Å². The van der Waals surface area contributed by atoms with Crippen LogP contribution in [-0.2, 0) is 4.74 Å². The van der Waals surface area contributed by atoms with E-state index in [4.69, 9.17) is 19.0 Å². The summed E-state index contributed by atoms with van der Waals surface area (Å²) in [6.45, 7) is 1.92. The molecule has 152 valence electrons. The first kappa shape index (κ1) is 18.9. The molecule has 5 rings (SSSR count). The third-order valence-corrected chi connectivity index (χ3v) is 5.89. The first-order valence-corrected chi connectivity index (χ1v) is 10.4. The molecule has 0 fully saturated rings. The van der Waals surface area contributed by atoms with Crippen molar-refractivity contribution in [3.05, 3.63) is 87.3 Å². The third-order valence-electron chi connectivity index (χ3n) is 5.39. The molecule has 0 unspecified atom stereocenters. The summed E-state index contributed by atoms with van der Waals surface area (Å²) in [5.74, 6) is 2.09. The van der Waals surface area contributed by atoms with Crippen LogP contribution in [0.1, 0.15) is 51.7 Å². The van der Waals surface area contributed by atoms with Gasteiger partial charge in [0, 0.05) is 22.0 Å². The van der Waals surface area contributed by atoms with Crippen LogP contribution in [0.5, 0.6) is 5.75 Å². The molecule has 0 N–H and O–H groups in total. The maximum absolute atomic E-state index is 11.8. The fourth-order valence-electron chi connectivity index (χ4n) is 3.92. The molecule has 30 heavy (non-hydrogen) atoms. The molecule has 2 atom stereocenters. The number of methoxy groups -OCH3 is 1. The number of benzene rings is 2. The van der Waals surface area contributed by atoms with Gasteiger partial charge in [0.15, 0.2) is 0 Å². The quantitative estimate of drug-likeness (QED) is 0.484. The van der Waals surface area contributed by atoms with E-state index < -0.39 is 6.23 Å². The highest BCUT2D eigenvalue weighted by molar-refractivity contribution is 9.10. The summed E-state index contributed by atoms with van der Waals surface area (Å²) in [5.41, 5.74) is 3.37. The molecule has 2 aliphatic rings. The van der Waals surface area contributed by atoms with Gasteiger partial charge in [-0.1, -0.05) is 28.1 Å². The molecule has 0 saturated heterocycles. The van der Waals surface area contributed by atoms with Gasteiger partial charge in [0.1, 0.15) is 23.0 Å². The van der Waals surface area contributed by atoms with Gasteiger partial charge >= 0.3 is 5.97 Å². The molecule has 6 nitrogen and oxygen atoms in total. The normalized spacial score (nSPS) is 19.6. The lowest BCUT2D eigenvalue weighted by Crippen LogP contribution is -2.33. The van der Waals surface area contributed by atoms with Gasteiger partial charge in [0.05, 0.1) is 18.7 Å². The Balaban J connectivity index is 1.56. The number of aryl methyl sites for hydroxylation is 1. The molecule has 0 aliphatic carbocycles. The summed E-state index contributed by atoms with van der Waals surface area (Å²) in [6.07, 6.45) is 0.306. The van der Waals surface area contributed by atoms with E-state index >= 15 is 0 Å². The molecule has 0 saturated carbocycles. The summed E-state index contributed by atoms with van der Waals surface area (Å²) >= 11 is 3.57. The van der Waals surface area contributed by atoms with Gasteiger partial charge in [-0.05, 0) is 49.4 Å². The number of hydrogen-bond acceptors (Lipinski definition) is 6. The fourth-order valence-corrected chi connectivity index (χ4v) is 4.30. The van der Waals surface area contributed by atoms with Crippen molar-refractivity contribution >= 4 is 27.6 Å². The number of furan rings is 1. The number of hydrogen-bond donors (Lipinski definition) is 0. The number of carbonyl (C=O) groups is 1. The number of esters is 1. The zero-order valence-corrected chi connectivity index (χ0v) is 18.0. The van der Waals surface area contributed by atoms with Gasteiger partial charge in [-0.25, -0.2) is 9.80 Å². The molecule has 0 spiro atoms. The molecular formula is C23H19BrN2O4. The summed E-state index contributed by atoms with van der Waals surface area (Å²) in [7, 11) is 1.37. The standard InChI is InChI=1S/C23H19BrN2O4/c1-13-3-9-21(29-13)18-12-19-17-11-16(24)8-10-20(17)30-22(26(19)25-18)14-4-6-15(7-5-14)23(27)28-2/h3-11,19,22H,12H2,1-2H3/t19-,22+/m0/s1. The largest absolute Gasteiger partial charge is 0.465 e. The summed E-state index contributed by atoms with van der Waals surface area (Å²) in [4.78, 5) is 11.8. The maximum atomic E-state index is 11.8. The molecule has 0 radical (unpaired) electrons. The number of carbonyl (C=O) groups excluding carboxylic acids is 1. The van der Waals surface area contributed by atoms with Crippen molar-refractivity contribution in [1.82, 2.24) is 5.01 Å². The second kappa shape index (κ2) is 7.32. The minimum Gasteiger partial charge on any atom is -0.465 e. The van der Waals surface area contributed by atoms with Crippen LogP contribution in [0.25, 0.3) is 0 Å². The van der Waals surface area contributed by atoms with E-state index in [-0.39, 0.29) is 12.0 Å². The van der Waals surface area contributed by atoms with Crippen LogP contribution < -0.4 is 4.74 Å². The van der Waals surface area contributed by atoms with E-state index in [1.807, 2.05) is 48.3 Å². The Morgan fingerprint density at radius 3 is 2.67 bits per heavy atom. The smallest absolute Gasteiger partial charge is 0.337 e. The minimum atomic E-state index is -0.413. The van der Waals surface area contributed by atoms with Crippen molar-refractivity contribution in [2.45, 2.75) is 25.6 Å². The third kappa shape index (κ3) is 3.19. The Labute approximate surface area is 182 Å². The summed E-state index contributed by atoms with van der Waals surface area (Å²) < 4.78 is 18.0. The monoisotopic (exact) mass is 466 g/mol. The lowest BCUT2D eigenvalue weighted by molar-refractivity contribution is -0.0191. The summed E-state index contributed by atoms with van der Waals surface area (Å²) in [6, 6.07) is 17.2. The van der Waals surface area contributed by atoms with Crippen LogP contribution in [0.2, 0.25) is 0 Å². The maximum Gasteiger partial charge on any atom is 0.337 e. The van der Waals surface area contributed by atoms with Crippen molar-refractivity contribution in [2.75, 3.05) is 7.11 Å². The lowest BCUT2D eigenvalue weighted by atomic mass is 9.97. The SMILES string of the molecule is COC(=O)c1ccc([C@H]2Oc3ccc(Br)cc3[C@@H]3CC(c4ccc(C)o4)=NN23)cc1. The van der Waals surface area contributed by atoms with E-state index in [1.165, 1.54) is 7.11 Å². The number of halogens is 1. The van der Waals surface area contributed by atoms with Crippen LogP contribution in [0.4, 0.5) is 0 Å². The highest BCUT2D eigenvalue weighted by Crippen LogP contribution is 2.48. The molecule has 2 aliphatic heterocycles. The first-order chi connectivity index (χ1) is 14.5. The van der Waals surface area contributed by atoms with Crippen LogP contribution in [-0.4, -0.2) is 23.8 Å². The molecule has 2 aromatic carbocycles. The number of nitrogens with zero attached hydrogens (tertiary/aromatic N) is 2. The highest BCUT2D eigenvalue weighted by Gasteiger charge is 2.41. The first-order valence-electron chi connectivity index (χ1n) is 9.60. The van der Waals surface area contributed by atoms with Crippen molar-refractivity contribution in [3.63, 3.8) is 0 Å². The van der Waals surface area contributed by atoms with E-state index in [1.54, 1.807) is 12.1 Å². The highest BCUT2D eigenvalue weighted by atomic mass is 79.9. The van der Waals surface area contributed by atoms with Gasteiger partial charge in [0.25, 0.3) is 0 Å². The molecule has 1 aromatic heterocycles. The zero-order chi connectivity index (χ0) is 20.8. The molecular weight excluding hydrogens is 448 g/mol. The predicted molar refractivity (Wildman–Crippen MR) is 114 cm³/mol. The van der Waals surface area contributed by atoms with Crippen molar-refractivity contribution < 1.29 is 18.7 Å². The Morgan fingerprint density at radius 2 is 1.97 bits per heavy atom. The number of hydrazone groups is 1. The van der Waals surface area contributed by atoms with Crippen molar-refractivity contribution in [1.29, 1.82) is 0 Å². The number of ether oxygens (including phenoxy) is 2. The van der Waals surface area contributed by atoms with Gasteiger partial charge in [-0.3, -0.25) is 0 Å². The van der Waals surface area contributed by atoms with E-state index in [2.05, 4.69) is 22.0 Å². The molecule has 3 aromatic rings. The molecule has 3 heterocycles. The van der Waals surface area contributed by atoms with Gasteiger partial charge in [-0.15, -0.1) is 0 Å². The molecule has 7 heteroatoms. The Bertz CT molecular complexity index is 1150. The topological polar surface area (TPSA) is 64.3 Å². The summed E-state index contributed by atoms with van der Waals surface area (Å²) in [5, 5.41) is 6.86. The second-order valence-corrected chi connectivity index (χ2v) is 8.24. The predicted octanol–water partition coefficient (Wildman–Crippen LogP) is 5.38. The van der Waals surface area contributed by atoms with Crippen molar-refractivity contribution in [2.24, 2.45) is 5.10 Å². The number of rotatable bonds is 3. The molecule has 0 bridgehead atoms. The van der Waals surface area contributed by atoms with E-state index in [9.17, 15) is 4.79 Å². The van der Waals surface area contributed by atoms with Crippen LogP contribution in [0.15, 0.2) is 68.6 Å². The average Bonchev–Trinajstić information content (AvgIpc) is 3.39. The molecule has 0 amide bonds. The zero-order valence-electron chi connectivity index (χ0n) is 16.5. The Hall–Kier alpha value is -3.06. The van der Waals surface area contributed by atoms with Crippen LogP contribution in [0.3, 0.4) is 0 Å². The lowest BCUT2D eigenvalue weighted by Gasteiger charge is -2.38. The van der Waals surface area contributed by atoms with Crippen molar-refractivity contribution in [3.8, 4) is 5.75 Å². The van der Waals surface area contributed by atoms with E-state index in [0.717, 1.165) is 45.0 Å². The van der Waals surface area contributed by atoms with E-state index in [0.29, 0.717) is 5.56 Å². The average molecular weight is 467 g/mol. The van der Waals surface area contributed by atoms with Crippen LogP contribution >= 0.6 is 15.9 Å². The fraction of sp³-hybridized carbons (Fsp3) is 0.217. The van der Waals surface area contributed by atoms with Gasteiger partial charge in [-0.2, -0.15) is 5.10 Å². The second-order valence-electron chi connectivity index (χ2n) is 7.32. The number of fused-ring (bicyclic) bond motifs is 3. The Morgan fingerprint density at radius 1 is 1.17 bits per heavy atom. The van der Waals surface area contributed by atoms with Gasteiger partial charge in [0.2, 0.25) is 6.23 Å². The Kier molecular flexibility index (Phi) is 4.62. The minimum absolute atomic E-state index is 0.0249.